The number of aromatic nitrogens is 2. The molecule has 2 aromatic heterocycles. The highest BCUT2D eigenvalue weighted by atomic mass is 32.1. The second-order valence-corrected chi connectivity index (χ2v) is 8.57. The first-order valence-corrected chi connectivity index (χ1v) is 11.2. The number of nitrogens with zero attached hydrogens (tertiary/aromatic N) is 3. The Kier molecular flexibility index (Phi) is 5.52. The highest BCUT2D eigenvalue weighted by Gasteiger charge is 2.21. The number of anilines is 1. The molecule has 0 fully saturated rings. The fraction of sp³-hybridized carbons (Fsp3) is 0.115. The summed E-state index contributed by atoms with van der Waals surface area (Å²) in [5.74, 6) is 0.511. The van der Waals surface area contributed by atoms with E-state index in [-0.39, 0.29) is 12.5 Å². The third kappa shape index (κ3) is 4.18. The summed E-state index contributed by atoms with van der Waals surface area (Å²) in [6.45, 7) is 2.34. The molecule has 0 spiro atoms. The van der Waals surface area contributed by atoms with Crippen molar-refractivity contribution in [2.75, 3.05) is 11.5 Å². The van der Waals surface area contributed by atoms with E-state index >= 15 is 0 Å². The van der Waals surface area contributed by atoms with Crippen LogP contribution < -0.4 is 9.64 Å². The summed E-state index contributed by atoms with van der Waals surface area (Å²) in [5, 5.41) is 2.87. The van der Waals surface area contributed by atoms with Crippen LogP contribution in [-0.2, 0) is 11.3 Å². The molecule has 3 aromatic carbocycles. The standard InChI is InChI=1S/C26H21N3O2S/c1-18-6-4-10-23-25(18)28-26(32-23)29(16-19-7-5-13-27-15-19)24(30)17-31-22-12-11-20-8-2-3-9-21(20)14-22/h2-15H,16-17H2,1H3. The number of carbonyl (C=O) groups excluding carboxylic acids is 1. The van der Waals surface area contributed by atoms with Gasteiger partial charge in [-0.25, -0.2) is 4.98 Å². The molecule has 5 nitrogen and oxygen atoms in total. The lowest BCUT2D eigenvalue weighted by molar-refractivity contribution is -0.120. The number of hydrogen-bond acceptors (Lipinski definition) is 5. The lowest BCUT2D eigenvalue weighted by Gasteiger charge is -2.20. The molecule has 6 heteroatoms. The second kappa shape index (κ2) is 8.77. The first kappa shape index (κ1) is 20.2. The molecule has 0 bridgehead atoms. The molecule has 1 amide bonds. The zero-order valence-electron chi connectivity index (χ0n) is 17.6. The fourth-order valence-corrected chi connectivity index (χ4v) is 4.67. The smallest absolute Gasteiger partial charge is 0.267 e. The van der Waals surface area contributed by atoms with E-state index in [1.54, 1.807) is 17.3 Å². The number of pyridine rings is 1. The van der Waals surface area contributed by atoms with E-state index in [1.807, 2.05) is 73.7 Å². The van der Waals surface area contributed by atoms with Crippen LogP contribution >= 0.6 is 11.3 Å². The number of carbonyl (C=O) groups is 1. The Bertz CT molecular complexity index is 1400. The van der Waals surface area contributed by atoms with Gasteiger partial charge in [-0.3, -0.25) is 14.7 Å². The summed E-state index contributed by atoms with van der Waals surface area (Å²) in [6, 6.07) is 23.8. The van der Waals surface area contributed by atoms with Crippen molar-refractivity contribution in [3.63, 3.8) is 0 Å². The molecule has 2 heterocycles. The van der Waals surface area contributed by atoms with E-state index in [0.29, 0.717) is 17.4 Å². The van der Waals surface area contributed by atoms with Crippen LogP contribution in [0.1, 0.15) is 11.1 Å². The van der Waals surface area contributed by atoms with Gasteiger partial charge in [0.2, 0.25) is 0 Å². The Labute approximate surface area is 189 Å². The van der Waals surface area contributed by atoms with Gasteiger partial charge in [0.25, 0.3) is 5.91 Å². The van der Waals surface area contributed by atoms with Crippen LogP contribution in [0.25, 0.3) is 21.0 Å². The maximum absolute atomic E-state index is 13.3. The number of amides is 1. The topological polar surface area (TPSA) is 55.3 Å². The number of ether oxygens (including phenoxy) is 1. The van der Waals surface area contributed by atoms with E-state index in [4.69, 9.17) is 9.72 Å². The van der Waals surface area contributed by atoms with E-state index in [0.717, 1.165) is 32.1 Å². The predicted octanol–water partition coefficient (Wildman–Crippen LogP) is 5.77. The third-order valence-corrected chi connectivity index (χ3v) is 6.33. The molecule has 0 N–H and O–H groups in total. The molecule has 0 radical (unpaired) electrons. The first-order chi connectivity index (χ1) is 15.7. The van der Waals surface area contributed by atoms with Gasteiger partial charge in [-0.1, -0.05) is 59.9 Å². The van der Waals surface area contributed by atoms with Crippen molar-refractivity contribution in [2.24, 2.45) is 0 Å². The average molecular weight is 440 g/mol. The number of benzene rings is 3. The number of aryl methyl sites for hydroxylation is 1. The van der Waals surface area contributed by atoms with Crippen LogP contribution in [0.4, 0.5) is 5.13 Å². The van der Waals surface area contributed by atoms with Crippen molar-refractivity contribution >= 4 is 43.4 Å². The van der Waals surface area contributed by atoms with E-state index in [1.165, 1.54) is 11.3 Å². The molecule has 0 unspecified atom stereocenters. The van der Waals surface area contributed by atoms with Crippen molar-refractivity contribution in [2.45, 2.75) is 13.5 Å². The van der Waals surface area contributed by atoms with Crippen LogP contribution in [0.2, 0.25) is 0 Å². The minimum absolute atomic E-state index is 0.0759. The van der Waals surface area contributed by atoms with E-state index < -0.39 is 0 Å². The van der Waals surface area contributed by atoms with Crippen LogP contribution in [0, 0.1) is 6.92 Å². The van der Waals surface area contributed by atoms with Gasteiger partial charge in [0, 0.05) is 12.4 Å². The molecule has 32 heavy (non-hydrogen) atoms. The van der Waals surface area contributed by atoms with Crippen molar-refractivity contribution < 1.29 is 9.53 Å². The highest BCUT2D eigenvalue weighted by Crippen LogP contribution is 2.31. The van der Waals surface area contributed by atoms with Gasteiger partial charge in [-0.05, 0) is 53.1 Å². The molecule has 0 aliphatic carbocycles. The van der Waals surface area contributed by atoms with Gasteiger partial charge < -0.3 is 4.74 Å². The first-order valence-electron chi connectivity index (χ1n) is 10.3. The van der Waals surface area contributed by atoms with Crippen molar-refractivity contribution in [3.8, 4) is 5.75 Å². The van der Waals surface area contributed by atoms with Gasteiger partial charge in [-0.15, -0.1) is 0 Å². The molecule has 0 aliphatic heterocycles. The number of hydrogen-bond donors (Lipinski definition) is 0. The minimum atomic E-state index is -0.154. The Morgan fingerprint density at radius 1 is 1.00 bits per heavy atom. The van der Waals surface area contributed by atoms with Crippen LogP contribution in [0.15, 0.2) is 85.2 Å². The minimum Gasteiger partial charge on any atom is -0.484 e. The molecule has 158 valence electrons. The summed E-state index contributed by atoms with van der Waals surface area (Å²) < 4.78 is 6.94. The monoisotopic (exact) mass is 439 g/mol. The van der Waals surface area contributed by atoms with E-state index in [9.17, 15) is 4.79 Å². The molecule has 0 saturated heterocycles. The number of thiazole rings is 1. The van der Waals surface area contributed by atoms with Gasteiger partial charge >= 0.3 is 0 Å². The highest BCUT2D eigenvalue weighted by molar-refractivity contribution is 7.22. The van der Waals surface area contributed by atoms with Gasteiger partial charge in [-0.2, -0.15) is 0 Å². The quantitative estimate of drug-likeness (QED) is 0.337. The molecule has 0 atom stereocenters. The second-order valence-electron chi connectivity index (χ2n) is 7.56. The van der Waals surface area contributed by atoms with Crippen LogP contribution in [0.3, 0.4) is 0 Å². The summed E-state index contributed by atoms with van der Waals surface area (Å²) in [7, 11) is 0. The van der Waals surface area contributed by atoms with Gasteiger partial charge in [0.05, 0.1) is 16.8 Å². The Balaban J connectivity index is 1.41. The Morgan fingerprint density at radius 2 is 1.88 bits per heavy atom. The average Bonchev–Trinajstić information content (AvgIpc) is 3.27. The molecular formula is C26H21N3O2S. The molecule has 0 aliphatic rings. The summed E-state index contributed by atoms with van der Waals surface area (Å²) in [5.41, 5.74) is 2.95. The maximum Gasteiger partial charge on any atom is 0.267 e. The van der Waals surface area contributed by atoms with Gasteiger partial charge in [0.1, 0.15) is 5.75 Å². The zero-order valence-corrected chi connectivity index (χ0v) is 18.4. The normalized spacial score (nSPS) is 11.0. The lowest BCUT2D eigenvalue weighted by Crippen LogP contribution is -2.34. The fourth-order valence-electron chi connectivity index (χ4n) is 3.61. The van der Waals surface area contributed by atoms with Crippen molar-refractivity contribution in [3.05, 3.63) is 96.3 Å². The number of para-hydroxylation sites is 1. The third-order valence-electron chi connectivity index (χ3n) is 5.29. The summed E-state index contributed by atoms with van der Waals surface area (Å²) in [6.07, 6.45) is 3.49. The molecule has 5 rings (SSSR count). The molecule has 0 saturated carbocycles. The number of fused-ring (bicyclic) bond motifs is 2. The SMILES string of the molecule is Cc1cccc2sc(N(Cc3cccnc3)C(=O)COc3ccc4ccccc4c3)nc12. The molecular weight excluding hydrogens is 418 g/mol. The van der Waals surface area contributed by atoms with Crippen LogP contribution in [0.5, 0.6) is 5.75 Å². The van der Waals surface area contributed by atoms with Crippen molar-refractivity contribution in [1.82, 2.24) is 9.97 Å². The number of rotatable bonds is 6. The van der Waals surface area contributed by atoms with Crippen LogP contribution in [-0.4, -0.2) is 22.5 Å². The largest absolute Gasteiger partial charge is 0.484 e. The predicted molar refractivity (Wildman–Crippen MR) is 129 cm³/mol. The zero-order chi connectivity index (χ0) is 21.9. The van der Waals surface area contributed by atoms with Gasteiger partial charge in [0.15, 0.2) is 11.7 Å². The summed E-state index contributed by atoms with van der Waals surface area (Å²) >= 11 is 1.51. The molecule has 5 aromatic rings. The maximum atomic E-state index is 13.3. The van der Waals surface area contributed by atoms with E-state index in [2.05, 4.69) is 11.1 Å². The summed E-state index contributed by atoms with van der Waals surface area (Å²) in [4.78, 5) is 23.9. The lowest BCUT2D eigenvalue weighted by atomic mass is 10.1. The Morgan fingerprint density at radius 3 is 2.69 bits per heavy atom. The Hall–Kier alpha value is -3.77. The van der Waals surface area contributed by atoms with Crippen molar-refractivity contribution in [1.29, 1.82) is 0 Å².